The van der Waals surface area contributed by atoms with Gasteiger partial charge in [0.15, 0.2) is 19.8 Å². The van der Waals surface area contributed by atoms with Gasteiger partial charge in [-0.15, -0.1) is 0 Å². The van der Waals surface area contributed by atoms with Crippen LogP contribution < -0.4 is 14.4 Å². The Kier molecular flexibility index (Phi) is 8.36. The van der Waals surface area contributed by atoms with E-state index in [4.69, 9.17) is 4.43 Å². The Morgan fingerprint density at radius 2 is 1.42 bits per heavy atom. The minimum Gasteiger partial charge on any atom is -0.431 e. The molecule has 2 aromatic rings. The third-order valence-electron chi connectivity index (χ3n) is 5.32. The first-order valence-corrected chi connectivity index (χ1v) is 12.8. The van der Waals surface area contributed by atoms with Gasteiger partial charge in [-0.3, -0.25) is 0 Å². The highest BCUT2D eigenvalue weighted by atomic mass is 28.4. The normalized spacial score (nSPS) is 12.4. The van der Waals surface area contributed by atoms with Crippen molar-refractivity contribution in [2.24, 2.45) is 0 Å². The Labute approximate surface area is 181 Å². The lowest BCUT2D eigenvalue weighted by Gasteiger charge is -2.37. The Hall–Kier alpha value is -2.26. The lowest BCUT2D eigenvalue weighted by molar-refractivity contribution is -0.0692. The number of hydrogen-bond donors (Lipinski definition) is 0. The maximum atomic E-state index is 12.8. The van der Waals surface area contributed by atoms with Gasteiger partial charge >= 0.3 is 13.2 Å². The van der Waals surface area contributed by atoms with E-state index in [9.17, 15) is 17.6 Å². The van der Waals surface area contributed by atoms with Gasteiger partial charge in [-0.05, 0) is 42.4 Å². The van der Waals surface area contributed by atoms with Crippen molar-refractivity contribution in [2.45, 2.75) is 52.1 Å². The monoisotopic (exact) mass is 459 g/mol. The number of anilines is 2. The smallest absolute Gasteiger partial charge is 0.387 e. The number of alkyl halides is 4. The molecule has 2 rings (SSSR count). The van der Waals surface area contributed by atoms with Gasteiger partial charge in [-0.25, -0.2) is 0 Å². The summed E-state index contributed by atoms with van der Waals surface area (Å²) < 4.78 is 66.0. The van der Waals surface area contributed by atoms with Crippen molar-refractivity contribution in [1.82, 2.24) is 0 Å². The molecule has 4 nitrogen and oxygen atoms in total. The van der Waals surface area contributed by atoms with E-state index in [0.29, 0.717) is 18.8 Å². The molecule has 0 bridgehead atoms. The highest BCUT2D eigenvalue weighted by Gasteiger charge is 2.37. The molecular formula is C22H29F4NO3Si. The van der Waals surface area contributed by atoms with Crippen LogP contribution in [0.5, 0.6) is 11.5 Å². The molecule has 0 aromatic heterocycles. The van der Waals surface area contributed by atoms with Gasteiger partial charge in [-0.1, -0.05) is 39.0 Å². The summed E-state index contributed by atoms with van der Waals surface area (Å²) in [5, 5.41) is 0.0388. The number of ether oxygens (including phenoxy) is 2. The first kappa shape index (κ1) is 25.0. The molecule has 0 atom stereocenters. The second-order valence-electron chi connectivity index (χ2n) is 8.48. The van der Waals surface area contributed by atoms with Crippen molar-refractivity contribution in [3.63, 3.8) is 0 Å². The summed E-state index contributed by atoms with van der Waals surface area (Å²) in [4.78, 5) is 1.86. The Morgan fingerprint density at radius 3 is 1.97 bits per heavy atom. The zero-order valence-corrected chi connectivity index (χ0v) is 19.4. The minimum absolute atomic E-state index is 0.0388. The Morgan fingerprint density at radius 1 is 0.839 bits per heavy atom. The number of benzene rings is 2. The maximum absolute atomic E-state index is 12.8. The van der Waals surface area contributed by atoms with Crippen LogP contribution in [0.25, 0.3) is 0 Å². The van der Waals surface area contributed by atoms with E-state index in [1.165, 1.54) is 18.2 Å². The van der Waals surface area contributed by atoms with Crippen LogP contribution in [0.4, 0.5) is 28.9 Å². The molecule has 0 saturated heterocycles. The van der Waals surface area contributed by atoms with Crippen molar-refractivity contribution in [3.8, 4) is 11.5 Å². The molecule has 172 valence electrons. The summed E-state index contributed by atoms with van der Waals surface area (Å²) >= 11 is 0. The second kappa shape index (κ2) is 10.4. The summed E-state index contributed by atoms with van der Waals surface area (Å²) in [5.41, 5.74) is 1.29. The van der Waals surface area contributed by atoms with Gasteiger partial charge in [0, 0.05) is 24.0 Å². The standard InChI is InChI=1S/C22H29F4NO3Si/c1-22(2,3)31(4,5)28-14-13-27(16-9-7-6-8-10-16)17-11-12-18(29-20(23)24)19(15-17)30-21(25)26/h6-12,15,20-21H,13-14H2,1-5H3. The van der Waals surface area contributed by atoms with Crippen LogP contribution in [0.3, 0.4) is 0 Å². The Bertz CT molecular complexity index is 829. The topological polar surface area (TPSA) is 30.9 Å². The summed E-state index contributed by atoms with van der Waals surface area (Å²) in [6.45, 7) is 5.22. The van der Waals surface area contributed by atoms with E-state index in [0.717, 1.165) is 5.69 Å². The van der Waals surface area contributed by atoms with E-state index < -0.39 is 33.0 Å². The molecule has 0 aliphatic carbocycles. The fraction of sp³-hybridized carbons (Fsp3) is 0.455. The molecule has 0 unspecified atom stereocenters. The van der Waals surface area contributed by atoms with E-state index in [1.807, 2.05) is 35.2 Å². The number of rotatable bonds is 10. The minimum atomic E-state index is -3.18. The zero-order chi connectivity index (χ0) is 23.2. The molecule has 2 aromatic carbocycles. The molecule has 0 fully saturated rings. The van der Waals surface area contributed by atoms with Crippen LogP contribution in [0.15, 0.2) is 48.5 Å². The number of hydrogen-bond acceptors (Lipinski definition) is 4. The fourth-order valence-corrected chi connectivity index (χ4v) is 3.70. The average Bonchev–Trinajstić information content (AvgIpc) is 2.66. The molecule has 0 aliphatic heterocycles. The summed E-state index contributed by atoms with van der Waals surface area (Å²) in [5.74, 6) is -0.913. The van der Waals surface area contributed by atoms with Gasteiger partial charge in [0.05, 0.1) is 6.61 Å². The molecule has 0 spiro atoms. The number of nitrogens with zero attached hydrogens (tertiary/aromatic N) is 1. The van der Waals surface area contributed by atoms with E-state index in [1.54, 1.807) is 0 Å². The fourth-order valence-electron chi connectivity index (χ4n) is 2.67. The van der Waals surface area contributed by atoms with E-state index in [-0.39, 0.29) is 5.04 Å². The average molecular weight is 460 g/mol. The summed E-state index contributed by atoms with van der Waals surface area (Å²) in [6, 6.07) is 13.3. The van der Waals surface area contributed by atoms with E-state index >= 15 is 0 Å². The van der Waals surface area contributed by atoms with Crippen molar-refractivity contribution in [1.29, 1.82) is 0 Å². The SMILES string of the molecule is CC(C)(C)[Si](C)(C)OCCN(c1ccccc1)c1ccc(OC(F)F)c(OC(F)F)c1. The second-order valence-corrected chi connectivity index (χ2v) is 13.3. The van der Waals surface area contributed by atoms with Crippen LogP contribution >= 0.6 is 0 Å². The van der Waals surface area contributed by atoms with Crippen LogP contribution in [0.2, 0.25) is 18.1 Å². The Balaban J connectivity index is 2.34. The third-order valence-corrected chi connectivity index (χ3v) is 9.86. The van der Waals surface area contributed by atoms with Crippen molar-refractivity contribution in [3.05, 3.63) is 48.5 Å². The largest absolute Gasteiger partial charge is 0.431 e. The highest BCUT2D eigenvalue weighted by Crippen LogP contribution is 2.38. The van der Waals surface area contributed by atoms with Crippen LogP contribution in [-0.2, 0) is 4.43 Å². The zero-order valence-electron chi connectivity index (χ0n) is 18.4. The molecular weight excluding hydrogens is 430 g/mol. The molecule has 0 aliphatic rings. The summed E-state index contributed by atoms with van der Waals surface area (Å²) in [7, 11) is -1.99. The van der Waals surface area contributed by atoms with Crippen molar-refractivity contribution < 1.29 is 31.5 Å². The van der Waals surface area contributed by atoms with Crippen molar-refractivity contribution in [2.75, 3.05) is 18.1 Å². The van der Waals surface area contributed by atoms with Gasteiger partial charge in [0.2, 0.25) is 0 Å². The number of halogens is 4. The highest BCUT2D eigenvalue weighted by molar-refractivity contribution is 6.74. The third kappa shape index (κ3) is 7.14. The molecule has 0 radical (unpaired) electrons. The molecule has 0 heterocycles. The van der Waals surface area contributed by atoms with Crippen LogP contribution in [0, 0.1) is 0 Å². The maximum Gasteiger partial charge on any atom is 0.387 e. The molecule has 31 heavy (non-hydrogen) atoms. The molecule has 9 heteroatoms. The predicted octanol–water partition coefficient (Wildman–Crippen LogP) is 7.05. The number of para-hydroxylation sites is 1. The lowest BCUT2D eigenvalue weighted by Crippen LogP contribution is -2.42. The first-order chi connectivity index (χ1) is 14.4. The van der Waals surface area contributed by atoms with E-state index in [2.05, 4.69) is 43.3 Å². The molecule has 0 amide bonds. The van der Waals surface area contributed by atoms with Gasteiger partial charge in [0.1, 0.15) is 0 Å². The van der Waals surface area contributed by atoms with Gasteiger partial charge in [0.25, 0.3) is 0 Å². The van der Waals surface area contributed by atoms with Gasteiger partial charge < -0.3 is 18.8 Å². The van der Waals surface area contributed by atoms with Gasteiger partial charge in [-0.2, -0.15) is 17.6 Å². The quantitative estimate of drug-likeness (QED) is 0.281. The molecule has 0 saturated carbocycles. The van der Waals surface area contributed by atoms with Crippen LogP contribution in [0.1, 0.15) is 20.8 Å². The molecule has 0 N–H and O–H groups in total. The van der Waals surface area contributed by atoms with Crippen LogP contribution in [-0.4, -0.2) is 34.7 Å². The summed E-state index contributed by atoms with van der Waals surface area (Å²) in [6.07, 6.45) is 0. The first-order valence-electron chi connectivity index (χ1n) is 9.91. The lowest BCUT2D eigenvalue weighted by atomic mass is 10.2. The predicted molar refractivity (Wildman–Crippen MR) is 116 cm³/mol. The van der Waals surface area contributed by atoms with Crippen molar-refractivity contribution >= 4 is 19.7 Å².